The van der Waals surface area contributed by atoms with Crippen molar-refractivity contribution in [3.8, 4) is 0 Å². The van der Waals surface area contributed by atoms with Crippen LogP contribution in [0.2, 0.25) is 0 Å². The third-order valence-corrected chi connectivity index (χ3v) is 5.48. The smallest absolute Gasteiger partial charge is 0.294 e. The lowest BCUT2D eigenvalue weighted by Gasteiger charge is -2.27. The topological polar surface area (TPSA) is 94.8 Å². The lowest BCUT2D eigenvalue weighted by Crippen LogP contribution is -2.12. The molecule has 5 nitrogen and oxygen atoms in total. The van der Waals surface area contributed by atoms with Crippen LogP contribution in [0.25, 0.3) is 21.4 Å². The number of hydrogen-bond donors (Lipinski definition) is 3. The molecule has 0 radical (unpaired) electrons. The number of aliphatic hydroxyl groups is 2. The Bertz CT molecular complexity index is 1030. The number of hydrogen-bond acceptors (Lipinski definition) is 4. The molecule has 4 rings (SSSR count). The summed E-state index contributed by atoms with van der Waals surface area (Å²) in [7, 11) is -4.37. The molecule has 0 spiro atoms. The fourth-order valence-electron chi connectivity index (χ4n) is 3.55. The first-order valence-corrected chi connectivity index (χ1v) is 8.61. The van der Waals surface area contributed by atoms with Crippen LogP contribution >= 0.6 is 0 Å². The van der Waals surface area contributed by atoms with E-state index in [0.717, 1.165) is 5.56 Å². The quantitative estimate of drug-likeness (QED) is 0.698. The molecule has 0 heterocycles. The molecule has 6 heteroatoms. The van der Waals surface area contributed by atoms with Crippen LogP contribution in [0.1, 0.15) is 41.2 Å². The highest BCUT2D eigenvalue weighted by atomic mass is 32.2. The molecular weight excluding hydrogens is 316 g/mol. The molecule has 0 bridgehead atoms. The van der Waals surface area contributed by atoms with E-state index in [9.17, 15) is 23.2 Å². The van der Waals surface area contributed by atoms with Gasteiger partial charge in [0.1, 0.15) is 11.9 Å². The maximum Gasteiger partial charge on any atom is 0.294 e. The summed E-state index contributed by atoms with van der Waals surface area (Å²) < 4.78 is 33.0. The van der Waals surface area contributed by atoms with Crippen LogP contribution in [-0.2, 0) is 10.1 Å². The first kappa shape index (κ1) is 14.4. The predicted octanol–water partition coefficient (Wildman–Crippen LogP) is 3.13. The van der Waals surface area contributed by atoms with Gasteiger partial charge in [0.05, 0.1) is 4.91 Å². The van der Waals surface area contributed by atoms with Crippen LogP contribution in [0.3, 0.4) is 0 Å². The van der Waals surface area contributed by atoms with Gasteiger partial charge in [-0.3, -0.25) is 4.55 Å². The Morgan fingerprint density at radius 2 is 1.57 bits per heavy atom. The second-order valence-electron chi connectivity index (χ2n) is 5.95. The minimum Gasteiger partial charge on any atom is -0.508 e. The summed E-state index contributed by atoms with van der Waals surface area (Å²) in [4.78, 5) is -0.135. The highest BCUT2D eigenvalue weighted by Gasteiger charge is 2.31. The fourth-order valence-corrected chi connectivity index (χ4v) is 4.38. The predicted molar refractivity (Wildman–Crippen MR) is 87.5 cm³/mol. The van der Waals surface area contributed by atoms with Gasteiger partial charge in [-0.1, -0.05) is 37.3 Å². The van der Waals surface area contributed by atoms with Gasteiger partial charge >= 0.3 is 0 Å². The Balaban J connectivity index is 2.21. The molecular formula is C17H14O5S. The molecule has 0 amide bonds. The minimum absolute atomic E-state index is 0.0377. The Kier molecular flexibility index (Phi) is 2.79. The highest BCUT2D eigenvalue weighted by molar-refractivity contribution is 7.95. The Hall–Kier alpha value is -2.15. The van der Waals surface area contributed by atoms with Crippen LogP contribution in [-0.4, -0.2) is 23.2 Å². The monoisotopic (exact) mass is 330 g/mol. The van der Waals surface area contributed by atoms with E-state index in [4.69, 9.17) is 0 Å². The molecule has 0 aromatic heterocycles. The molecule has 2 aliphatic rings. The van der Waals surface area contributed by atoms with Crippen molar-refractivity contribution in [2.24, 2.45) is 0 Å². The third-order valence-electron chi connectivity index (χ3n) is 4.57. The van der Waals surface area contributed by atoms with Gasteiger partial charge in [-0.25, -0.2) is 0 Å². The van der Waals surface area contributed by atoms with E-state index < -0.39 is 16.2 Å². The van der Waals surface area contributed by atoms with Gasteiger partial charge in [-0.15, -0.1) is 0 Å². The van der Waals surface area contributed by atoms with Crippen molar-refractivity contribution in [2.45, 2.75) is 18.9 Å². The summed E-state index contributed by atoms with van der Waals surface area (Å²) in [5.41, 5.74) is 2.45. The van der Waals surface area contributed by atoms with Crippen molar-refractivity contribution in [2.75, 3.05) is 0 Å². The fraction of sp³-hybridized carbons (Fsp3) is 0.176. The van der Waals surface area contributed by atoms with Gasteiger partial charge in [-0.05, 0) is 28.0 Å². The molecule has 0 saturated carbocycles. The van der Waals surface area contributed by atoms with Crippen LogP contribution in [0.4, 0.5) is 0 Å². The average molecular weight is 330 g/mol. The molecule has 23 heavy (non-hydrogen) atoms. The van der Waals surface area contributed by atoms with E-state index in [2.05, 4.69) is 0 Å². The molecule has 0 saturated heterocycles. The molecule has 0 fully saturated rings. The molecule has 118 valence electrons. The second-order valence-corrected chi connectivity index (χ2v) is 7.34. The molecule has 2 aliphatic carbocycles. The zero-order chi connectivity index (χ0) is 16.5. The summed E-state index contributed by atoms with van der Waals surface area (Å²) >= 11 is 0. The van der Waals surface area contributed by atoms with Crippen molar-refractivity contribution in [1.29, 1.82) is 0 Å². The maximum absolute atomic E-state index is 11.7. The summed E-state index contributed by atoms with van der Waals surface area (Å²) in [5, 5.41) is 21.6. The van der Waals surface area contributed by atoms with Crippen molar-refractivity contribution >= 4 is 31.6 Å². The maximum atomic E-state index is 11.7. The van der Waals surface area contributed by atoms with E-state index in [-0.39, 0.29) is 16.6 Å². The lowest BCUT2D eigenvalue weighted by molar-refractivity contribution is 0.227. The summed E-state index contributed by atoms with van der Waals surface area (Å²) in [6, 6.07) is 6.84. The Morgan fingerprint density at radius 1 is 0.957 bits per heavy atom. The standard InChI is InChI=1S/C17H14O5S/c1-8-6-15(23(20,21)22)12-5-4-11-14(19)7-13(18)10-3-2-9(8)16(12)17(10)11/h2-8,14,18-19H,1H3,(H,20,21,22). The van der Waals surface area contributed by atoms with Crippen LogP contribution in [0.5, 0.6) is 0 Å². The second kappa shape index (κ2) is 4.44. The SMILES string of the molecule is CC1C=C(S(=O)(=O)O)c2ccc3c4c(ccc1c24)C(O)=CC3O. The van der Waals surface area contributed by atoms with Gasteiger partial charge in [0, 0.05) is 17.0 Å². The van der Waals surface area contributed by atoms with E-state index >= 15 is 0 Å². The Morgan fingerprint density at radius 3 is 2.26 bits per heavy atom. The van der Waals surface area contributed by atoms with Crippen molar-refractivity contribution in [1.82, 2.24) is 0 Å². The third kappa shape index (κ3) is 1.89. The molecule has 0 aliphatic heterocycles. The van der Waals surface area contributed by atoms with Gasteiger partial charge in [0.25, 0.3) is 10.1 Å². The van der Waals surface area contributed by atoms with E-state index in [1.807, 2.05) is 13.0 Å². The highest BCUT2D eigenvalue weighted by Crippen LogP contribution is 2.46. The summed E-state index contributed by atoms with van der Waals surface area (Å²) in [6.07, 6.45) is 1.91. The largest absolute Gasteiger partial charge is 0.508 e. The zero-order valence-electron chi connectivity index (χ0n) is 12.2. The first-order chi connectivity index (χ1) is 10.8. The Labute approximate surface area is 132 Å². The van der Waals surface area contributed by atoms with Crippen molar-refractivity contribution in [3.05, 3.63) is 58.7 Å². The van der Waals surface area contributed by atoms with E-state index in [1.165, 1.54) is 12.2 Å². The van der Waals surface area contributed by atoms with Gasteiger partial charge in [0.15, 0.2) is 0 Å². The minimum atomic E-state index is -4.37. The summed E-state index contributed by atoms with van der Waals surface area (Å²) in [5.74, 6) is -0.252. The average Bonchev–Trinajstić information content (AvgIpc) is 2.48. The number of rotatable bonds is 1. The van der Waals surface area contributed by atoms with Gasteiger partial charge in [0.2, 0.25) is 0 Å². The van der Waals surface area contributed by atoms with Crippen molar-refractivity contribution < 1.29 is 23.2 Å². The van der Waals surface area contributed by atoms with Crippen LogP contribution in [0, 0.1) is 0 Å². The van der Waals surface area contributed by atoms with Crippen LogP contribution in [0.15, 0.2) is 36.4 Å². The molecule has 2 unspecified atom stereocenters. The lowest BCUT2D eigenvalue weighted by atomic mass is 9.80. The van der Waals surface area contributed by atoms with Gasteiger partial charge < -0.3 is 10.2 Å². The number of allylic oxidation sites excluding steroid dienone is 1. The summed E-state index contributed by atoms with van der Waals surface area (Å²) in [6.45, 7) is 1.84. The van der Waals surface area contributed by atoms with Crippen LogP contribution < -0.4 is 0 Å². The normalized spacial score (nSPS) is 22.7. The van der Waals surface area contributed by atoms with E-state index in [1.54, 1.807) is 18.2 Å². The van der Waals surface area contributed by atoms with E-state index in [0.29, 0.717) is 27.5 Å². The molecule has 2 aromatic rings. The zero-order valence-corrected chi connectivity index (χ0v) is 13.0. The van der Waals surface area contributed by atoms with Crippen molar-refractivity contribution in [3.63, 3.8) is 0 Å². The van der Waals surface area contributed by atoms with Gasteiger partial charge in [-0.2, -0.15) is 8.42 Å². The molecule has 2 aromatic carbocycles. The number of benzene rings is 2. The molecule has 2 atom stereocenters. The number of aliphatic hydroxyl groups excluding tert-OH is 2. The molecule has 3 N–H and O–H groups in total. The first-order valence-electron chi connectivity index (χ1n) is 7.17.